The molecule has 4 heteroatoms. The molecule has 132 valence electrons. The van der Waals surface area contributed by atoms with Crippen LogP contribution in [0.3, 0.4) is 0 Å². The minimum Gasteiger partial charge on any atom is -0.352 e. The lowest BCUT2D eigenvalue weighted by Crippen LogP contribution is -2.41. The van der Waals surface area contributed by atoms with Gasteiger partial charge in [0.2, 0.25) is 5.91 Å². The fourth-order valence-electron chi connectivity index (χ4n) is 3.76. The van der Waals surface area contributed by atoms with E-state index in [2.05, 4.69) is 39.1 Å². The molecule has 0 spiro atoms. The highest BCUT2D eigenvalue weighted by Crippen LogP contribution is 2.28. The predicted octanol–water partition coefficient (Wildman–Crippen LogP) is 3.54. The Kier molecular flexibility index (Phi) is 4.82. The second-order valence-electron chi connectivity index (χ2n) is 6.88. The SMILES string of the molecule is O=C(CC(c1ccccc1)c1ccccc1)N[C@@H]1CCc2nccn2C1. The van der Waals surface area contributed by atoms with Gasteiger partial charge in [-0.15, -0.1) is 0 Å². The highest BCUT2D eigenvalue weighted by atomic mass is 16.1. The molecule has 0 unspecified atom stereocenters. The summed E-state index contributed by atoms with van der Waals surface area (Å²) in [6.45, 7) is 0.808. The summed E-state index contributed by atoms with van der Waals surface area (Å²) in [5.74, 6) is 1.29. The molecule has 2 heterocycles. The molecule has 0 fully saturated rings. The Bertz CT molecular complexity index is 818. The predicted molar refractivity (Wildman–Crippen MR) is 102 cm³/mol. The van der Waals surface area contributed by atoms with Crippen molar-refractivity contribution in [1.82, 2.24) is 14.9 Å². The van der Waals surface area contributed by atoms with Gasteiger partial charge in [0, 0.05) is 43.7 Å². The number of imidazole rings is 1. The molecule has 26 heavy (non-hydrogen) atoms. The monoisotopic (exact) mass is 345 g/mol. The number of nitrogens with one attached hydrogen (secondary N) is 1. The molecule has 1 amide bonds. The van der Waals surface area contributed by atoms with Gasteiger partial charge in [-0.1, -0.05) is 60.7 Å². The average molecular weight is 345 g/mol. The molecular weight excluding hydrogens is 322 g/mol. The summed E-state index contributed by atoms with van der Waals surface area (Å²) in [5.41, 5.74) is 2.35. The summed E-state index contributed by atoms with van der Waals surface area (Å²) in [4.78, 5) is 17.1. The van der Waals surface area contributed by atoms with E-state index in [1.165, 1.54) is 11.1 Å². The van der Waals surface area contributed by atoms with Crippen LogP contribution in [0.1, 0.15) is 35.7 Å². The number of fused-ring (bicyclic) bond motifs is 1. The molecule has 1 N–H and O–H groups in total. The van der Waals surface area contributed by atoms with Crippen molar-refractivity contribution < 1.29 is 4.79 Å². The topological polar surface area (TPSA) is 46.9 Å². The number of carbonyl (C=O) groups is 1. The molecule has 1 aliphatic rings. The maximum atomic E-state index is 12.8. The number of rotatable bonds is 5. The van der Waals surface area contributed by atoms with E-state index in [-0.39, 0.29) is 17.9 Å². The van der Waals surface area contributed by atoms with Crippen LogP contribution in [0.5, 0.6) is 0 Å². The van der Waals surface area contributed by atoms with Gasteiger partial charge in [-0.25, -0.2) is 4.98 Å². The Balaban J connectivity index is 1.47. The van der Waals surface area contributed by atoms with E-state index in [9.17, 15) is 4.79 Å². The lowest BCUT2D eigenvalue weighted by Gasteiger charge is -2.26. The van der Waals surface area contributed by atoms with Gasteiger partial charge in [0.15, 0.2) is 0 Å². The van der Waals surface area contributed by atoms with Crippen LogP contribution in [0.15, 0.2) is 73.1 Å². The van der Waals surface area contributed by atoms with Crippen molar-refractivity contribution >= 4 is 5.91 Å². The number of hydrogen-bond acceptors (Lipinski definition) is 2. The maximum Gasteiger partial charge on any atom is 0.221 e. The largest absolute Gasteiger partial charge is 0.352 e. The molecule has 1 aliphatic heterocycles. The first kappa shape index (κ1) is 16.6. The lowest BCUT2D eigenvalue weighted by molar-refractivity contribution is -0.122. The lowest BCUT2D eigenvalue weighted by atomic mass is 9.88. The average Bonchev–Trinajstić information content (AvgIpc) is 3.15. The van der Waals surface area contributed by atoms with Crippen molar-refractivity contribution in [3.63, 3.8) is 0 Å². The summed E-state index contributed by atoms with van der Waals surface area (Å²) in [6.07, 6.45) is 6.15. The van der Waals surface area contributed by atoms with E-state index < -0.39 is 0 Å². The van der Waals surface area contributed by atoms with Gasteiger partial charge in [-0.2, -0.15) is 0 Å². The van der Waals surface area contributed by atoms with Crippen molar-refractivity contribution in [2.24, 2.45) is 0 Å². The molecule has 0 saturated carbocycles. The summed E-state index contributed by atoms with van der Waals surface area (Å²) < 4.78 is 2.14. The molecule has 4 rings (SSSR count). The van der Waals surface area contributed by atoms with Gasteiger partial charge in [0.1, 0.15) is 5.82 Å². The van der Waals surface area contributed by atoms with Crippen LogP contribution in [0, 0.1) is 0 Å². The van der Waals surface area contributed by atoms with E-state index in [1.807, 2.05) is 48.8 Å². The van der Waals surface area contributed by atoms with Crippen LogP contribution >= 0.6 is 0 Å². The molecule has 1 atom stereocenters. The first-order valence-corrected chi connectivity index (χ1v) is 9.19. The van der Waals surface area contributed by atoms with E-state index in [0.717, 1.165) is 25.2 Å². The molecular formula is C22H23N3O. The second kappa shape index (κ2) is 7.56. The summed E-state index contributed by atoms with van der Waals surface area (Å²) in [7, 11) is 0. The van der Waals surface area contributed by atoms with Crippen molar-refractivity contribution in [2.75, 3.05) is 0 Å². The fourth-order valence-corrected chi connectivity index (χ4v) is 3.76. The van der Waals surface area contributed by atoms with Gasteiger partial charge < -0.3 is 9.88 Å². The zero-order valence-corrected chi connectivity index (χ0v) is 14.7. The first-order valence-electron chi connectivity index (χ1n) is 9.19. The molecule has 2 aromatic carbocycles. The van der Waals surface area contributed by atoms with Gasteiger partial charge in [-0.05, 0) is 17.5 Å². The van der Waals surface area contributed by atoms with E-state index in [4.69, 9.17) is 0 Å². The highest BCUT2D eigenvalue weighted by Gasteiger charge is 2.23. The number of amides is 1. The summed E-state index contributed by atoms with van der Waals surface area (Å²) in [6, 6.07) is 20.7. The molecule has 0 aliphatic carbocycles. The molecule has 0 bridgehead atoms. The van der Waals surface area contributed by atoms with Crippen molar-refractivity contribution in [3.05, 3.63) is 90.0 Å². The van der Waals surface area contributed by atoms with Crippen molar-refractivity contribution in [1.29, 1.82) is 0 Å². The number of nitrogens with zero attached hydrogens (tertiary/aromatic N) is 2. The Labute approximate surface area is 153 Å². The van der Waals surface area contributed by atoms with Gasteiger partial charge in [0.05, 0.1) is 0 Å². The van der Waals surface area contributed by atoms with E-state index >= 15 is 0 Å². The van der Waals surface area contributed by atoms with E-state index in [0.29, 0.717) is 6.42 Å². The third-order valence-electron chi connectivity index (χ3n) is 5.09. The third-order valence-corrected chi connectivity index (χ3v) is 5.09. The van der Waals surface area contributed by atoms with Crippen molar-refractivity contribution in [2.45, 2.75) is 37.8 Å². The number of carbonyl (C=O) groups excluding carboxylic acids is 1. The quantitative estimate of drug-likeness (QED) is 0.769. The summed E-state index contributed by atoms with van der Waals surface area (Å²) in [5, 5.41) is 3.23. The van der Waals surface area contributed by atoms with E-state index in [1.54, 1.807) is 0 Å². The minimum absolute atomic E-state index is 0.0739. The molecule has 4 nitrogen and oxygen atoms in total. The molecule has 3 aromatic rings. The molecule has 0 radical (unpaired) electrons. The standard InChI is InChI=1S/C22H23N3O/c26-22(24-19-11-12-21-23-13-14-25(21)16-19)15-20(17-7-3-1-4-8-17)18-9-5-2-6-10-18/h1-10,13-14,19-20H,11-12,15-16H2,(H,24,26)/t19-/m1/s1. The normalized spacial score (nSPS) is 16.3. The first-order chi connectivity index (χ1) is 12.8. The van der Waals surface area contributed by atoms with Crippen molar-refractivity contribution in [3.8, 4) is 0 Å². The van der Waals surface area contributed by atoms with Gasteiger partial charge in [0.25, 0.3) is 0 Å². The molecule has 1 aromatic heterocycles. The van der Waals surface area contributed by atoms with Crippen LogP contribution in [0.2, 0.25) is 0 Å². The smallest absolute Gasteiger partial charge is 0.221 e. The zero-order chi connectivity index (χ0) is 17.8. The third kappa shape index (κ3) is 3.69. The second-order valence-corrected chi connectivity index (χ2v) is 6.88. The van der Waals surface area contributed by atoms with Crippen LogP contribution in [0.25, 0.3) is 0 Å². The number of benzene rings is 2. The number of aromatic nitrogens is 2. The Morgan fingerprint density at radius 1 is 1.08 bits per heavy atom. The Morgan fingerprint density at radius 2 is 1.73 bits per heavy atom. The Hall–Kier alpha value is -2.88. The highest BCUT2D eigenvalue weighted by molar-refractivity contribution is 5.78. The van der Waals surface area contributed by atoms with Gasteiger partial charge in [-0.3, -0.25) is 4.79 Å². The minimum atomic E-state index is 0.0739. The van der Waals surface area contributed by atoms with Crippen LogP contribution in [-0.2, 0) is 17.8 Å². The van der Waals surface area contributed by atoms with Crippen LogP contribution in [0.4, 0.5) is 0 Å². The fraction of sp³-hybridized carbons (Fsp3) is 0.273. The maximum absolute atomic E-state index is 12.8. The number of hydrogen-bond donors (Lipinski definition) is 1. The zero-order valence-electron chi connectivity index (χ0n) is 14.7. The molecule has 0 saturated heterocycles. The van der Waals surface area contributed by atoms with Gasteiger partial charge >= 0.3 is 0 Å². The number of aryl methyl sites for hydroxylation is 1. The van der Waals surface area contributed by atoms with Crippen LogP contribution < -0.4 is 5.32 Å². The van der Waals surface area contributed by atoms with Crippen LogP contribution in [-0.4, -0.2) is 21.5 Å². The Morgan fingerprint density at radius 3 is 2.38 bits per heavy atom. The summed E-state index contributed by atoms with van der Waals surface area (Å²) >= 11 is 0.